The predicted octanol–water partition coefficient (Wildman–Crippen LogP) is 4.40. The minimum Gasteiger partial charge on any atom is -0.335 e. The molecule has 0 aliphatic carbocycles. The molecule has 0 unspecified atom stereocenters. The van der Waals surface area contributed by atoms with Gasteiger partial charge in [-0.25, -0.2) is 4.98 Å². The van der Waals surface area contributed by atoms with E-state index in [0.29, 0.717) is 32.4 Å². The third-order valence-corrected chi connectivity index (χ3v) is 4.05. The molecule has 0 bridgehead atoms. The van der Waals surface area contributed by atoms with Crippen molar-refractivity contribution < 1.29 is 9.32 Å². The van der Waals surface area contributed by atoms with E-state index in [1.165, 1.54) is 0 Å². The van der Waals surface area contributed by atoms with E-state index in [-0.39, 0.29) is 11.4 Å². The Morgan fingerprint density at radius 1 is 1.27 bits per heavy atom. The molecule has 3 rings (SSSR count). The van der Waals surface area contributed by atoms with E-state index in [1.807, 2.05) is 0 Å². The fourth-order valence-corrected chi connectivity index (χ4v) is 2.52. The molecule has 0 radical (unpaired) electrons. The van der Waals surface area contributed by atoms with Gasteiger partial charge in [0.15, 0.2) is 5.69 Å². The molecule has 0 fully saturated rings. The first-order valence-corrected chi connectivity index (χ1v) is 7.22. The van der Waals surface area contributed by atoms with Crippen LogP contribution in [0.5, 0.6) is 0 Å². The first-order chi connectivity index (χ1) is 10.5. The number of halogens is 2. The Hall–Kier alpha value is -2.11. The van der Waals surface area contributed by atoms with Crippen molar-refractivity contribution in [3.05, 3.63) is 51.3 Å². The lowest BCUT2D eigenvalue weighted by molar-refractivity contribution is 0.102. The molecule has 1 amide bonds. The van der Waals surface area contributed by atoms with E-state index in [0.717, 1.165) is 0 Å². The van der Waals surface area contributed by atoms with Gasteiger partial charge in [0, 0.05) is 10.7 Å². The van der Waals surface area contributed by atoms with Gasteiger partial charge in [-0.2, -0.15) is 0 Å². The molecule has 0 atom stereocenters. The van der Waals surface area contributed by atoms with E-state index in [9.17, 15) is 4.79 Å². The number of aromatic nitrogens is 2. The molecular formula is C15H11Cl2N3O2. The Kier molecular flexibility index (Phi) is 3.76. The van der Waals surface area contributed by atoms with Gasteiger partial charge in [0.2, 0.25) is 0 Å². The van der Waals surface area contributed by atoms with Gasteiger partial charge in [-0.1, -0.05) is 34.4 Å². The van der Waals surface area contributed by atoms with Crippen molar-refractivity contribution in [3.8, 4) is 0 Å². The largest absolute Gasteiger partial charge is 0.335 e. The molecule has 0 aliphatic heterocycles. The molecule has 112 valence electrons. The molecule has 1 aromatic carbocycles. The summed E-state index contributed by atoms with van der Waals surface area (Å²) >= 11 is 12.1. The highest BCUT2D eigenvalue weighted by Crippen LogP contribution is 2.29. The lowest BCUT2D eigenvalue weighted by Crippen LogP contribution is -2.13. The van der Waals surface area contributed by atoms with E-state index in [2.05, 4.69) is 15.5 Å². The Balaban J connectivity index is 2.03. The van der Waals surface area contributed by atoms with Gasteiger partial charge in [-0.3, -0.25) is 4.79 Å². The standard InChI is InChI=1S/C15H11Cl2N3O2/c1-7-11-13(20-22-15(11)18-8(2)12(7)17)14(21)19-10-5-3-4-9(16)6-10/h3-6H,1-2H3,(H,19,21). The van der Waals surface area contributed by atoms with Crippen molar-refractivity contribution in [1.82, 2.24) is 10.1 Å². The first kappa shape index (κ1) is 14.8. The monoisotopic (exact) mass is 335 g/mol. The van der Waals surface area contributed by atoms with Crippen molar-refractivity contribution in [2.24, 2.45) is 0 Å². The molecule has 0 saturated heterocycles. The normalized spacial score (nSPS) is 10.9. The number of nitrogens with one attached hydrogen (secondary N) is 1. The summed E-state index contributed by atoms with van der Waals surface area (Å²) in [5.74, 6) is -0.411. The van der Waals surface area contributed by atoms with Crippen molar-refractivity contribution in [1.29, 1.82) is 0 Å². The third kappa shape index (κ3) is 2.53. The number of hydrogen-bond donors (Lipinski definition) is 1. The number of rotatable bonds is 2. The number of carbonyl (C=O) groups excluding carboxylic acids is 1. The second-order valence-corrected chi connectivity index (χ2v) is 5.63. The topological polar surface area (TPSA) is 68.0 Å². The molecule has 5 nitrogen and oxygen atoms in total. The maximum absolute atomic E-state index is 12.4. The lowest BCUT2D eigenvalue weighted by Gasteiger charge is -2.05. The van der Waals surface area contributed by atoms with Crippen LogP contribution in [0.2, 0.25) is 10.0 Å². The number of hydrogen-bond acceptors (Lipinski definition) is 4. The number of pyridine rings is 1. The van der Waals surface area contributed by atoms with Crippen molar-refractivity contribution in [3.63, 3.8) is 0 Å². The minimum atomic E-state index is -0.411. The Labute approximate surface area is 136 Å². The molecule has 7 heteroatoms. The third-order valence-electron chi connectivity index (χ3n) is 3.26. The van der Waals surface area contributed by atoms with Crippen LogP contribution in [0.15, 0.2) is 28.8 Å². The number of nitrogens with zero attached hydrogens (tertiary/aromatic N) is 2. The first-order valence-electron chi connectivity index (χ1n) is 6.46. The fraction of sp³-hybridized carbons (Fsp3) is 0.133. The van der Waals surface area contributed by atoms with Crippen molar-refractivity contribution >= 4 is 45.9 Å². The van der Waals surface area contributed by atoms with E-state index < -0.39 is 5.91 Å². The molecule has 22 heavy (non-hydrogen) atoms. The molecule has 3 aromatic rings. The van der Waals surface area contributed by atoms with Crippen LogP contribution in [-0.4, -0.2) is 16.0 Å². The van der Waals surface area contributed by atoms with Crippen LogP contribution in [0.25, 0.3) is 11.1 Å². The number of aryl methyl sites for hydroxylation is 2. The zero-order valence-electron chi connectivity index (χ0n) is 11.8. The average molecular weight is 336 g/mol. The summed E-state index contributed by atoms with van der Waals surface area (Å²) in [5.41, 5.74) is 2.33. The second-order valence-electron chi connectivity index (χ2n) is 4.81. The molecule has 0 aliphatic rings. The average Bonchev–Trinajstić information content (AvgIpc) is 2.88. The van der Waals surface area contributed by atoms with E-state index in [4.69, 9.17) is 27.7 Å². The van der Waals surface area contributed by atoms with Gasteiger partial charge in [-0.15, -0.1) is 0 Å². The van der Waals surface area contributed by atoms with Crippen molar-refractivity contribution in [2.75, 3.05) is 5.32 Å². The highest BCUT2D eigenvalue weighted by atomic mass is 35.5. The highest BCUT2D eigenvalue weighted by molar-refractivity contribution is 6.33. The van der Waals surface area contributed by atoms with Crippen LogP contribution in [0.4, 0.5) is 5.69 Å². The minimum absolute atomic E-state index is 0.141. The van der Waals surface area contributed by atoms with E-state index in [1.54, 1.807) is 38.1 Å². The summed E-state index contributed by atoms with van der Waals surface area (Å²) in [6, 6.07) is 6.84. The summed E-state index contributed by atoms with van der Waals surface area (Å²) in [6.45, 7) is 3.57. The van der Waals surface area contributed by atoms with Gasteiger partial charge < -0.3 is 9.84 Å². The van der Waals surface area contributed by atoms with Gasteiger partial charge in [-0.05, 0) is 37.6 Å². The van der Waals surface area contributed by atoms with Crippen LogP contribution >= 0.6 is 23.2 Å². The highest BCUT2D eigenvalue weighted by Gasteiger charge is 2.21. The SMILES string of the molecule is Cc1nc2onc(C(=O)Nc3cccc(Cl)c3)c2c(C)c1Cl. The summed E-state index contributed by atoms with van der Waals surface area (Å²) in [7, 11) is 0. The summed E-state index contributed by atoms with van der Waals surface area (Å²) < 4.78 is 5.14. The van der Waals surface area contributed by atoms with E-state index >= 15 is 0 Å². The second kappa shape index (κ2) is 5.59. The molecule has 2 aromatic heterocycles. The number of fused-ring (bicyclic) bond motifs is 1. The quantitative estimate of drug-likeness (QED) is 0.753. The number of benzene rings is 1. The smallest absolute Gasteiger partial charge is 0.278 e. The maximum atomic E-state index is 12.4. The van der Waals surface area contributed by atoms with Crippen molar-refractivity contribution in [2.45, 2.75) is 13.8 Å². The summed E-state index contributed by atoms with van der Waals surface area (Å²) in [6.07, 6.45) is 0. The van der Waals surface area contributed by atoms with Gasteiger partial charge in [0.1, 0.15) is 0 Å². The zero-order chi connectivity index (χ0) is 15.9. The number of amides is 1. The van der Waals surface area contributed by atoms with Crippen LogP contribution < -0.4 is 5.32 Å². The number of carbonyl (C=O) groups is 1. The van der Waals surface area contributed by atoms with Crippen LogP contribution in [-0.2, 0) is 0 Å². The summed E-state index contributed by atoms with van der Waals surface area (Å²) in [5, 5.41) is 8.07. The van der Waals surface area contributed by atoms with Gasteiger partial charge in [0.25, 0.3) is 11.6 Å². The molecule has 0 saturated carbocycles. The molecule has 2 heterocycles. The molecular weight excluding hydrogens is 325 g/mol. The van der Waals surface area contributed by atoms with Gasteiger partial charge in [0.05, 0.1) is 16.1 Å². The Morgan fingerprint density at radius 2 is 2.05 bits per heavy atom. The number of anilines is 1. The summed E-state index contributed by atoms with van der Waals surface area (Å²) in [4.78, 5) is 16.6. The van der Waals surface area contributed by atoms with Crippen LogP contribution in [0, 0.1) is 13.8 Å². The van der Waals surface area contributed by atoms with Gasteiger partial charge >= 0.3 is 0 Å². The fourth-order valence-electron chi connectivity index (χ4n) is 2.19. The Morgan fingerprint density at radius 3 is 2.77 bits per heavy atom. The molecule has 1 N–H and O–H groups in total. The predicted molar refractivity (Wildman–Crippen MR) is 85.7 cm³/mol. The van der Waals surface area contributed by atoms with Crippen LogP contribution in [0.3, 0.4) is 0 Å². The molecule has 0 spiro atoms. The maximum Gasteiger partial charge on any atom is 0.278 e. The van der Waals surface area contributed by atoms with Crippen LogP contribution in [0.1, 0.15) is 21.7 Å². The lowest BCUT2D eigenvalue weighted by atomic mass is 10.1. The zero-order valence-corrected chi connectivity index (χ0v) is 13.3. The Bertz CT molecular complexity index is 890.